The summed E-state index contributed by atoms with van der Waals surface area (Å²) in [5.74, 6) is -0.496. The lowest BCUT2D eigenvalue weighted by Crippen LogP contribution is -2.46. The zero-order chi connectivity index (χ0) is 16.0. The molecule has 0 bridgehead atoms. The third-order valence-corrected chi connectivity index (χ3v) is 3.09. The number of hydrogen-bond acceptors (Lipinski definition) is 4. The normalized spacial score (nSPS) is 12.3. The minimum absolute atomic E-state index is 0.0394. The van der Waals surface area contributed by atoms with Gasteiger partial charge in [-0.3, -0.25) is 14.3 Å². The smallest absolute Gasteiger partial charge is 0.255 e. The average Bonchev–Trinajstić information content (AvgIpc) is 2.76. The van der Waals surface area contributed by atoms with Crippen molar-refractivity contribution in [3.8, 4) is 0 Å². The Hall–Kier alpha value is -1.89. The second-order valence-corrected chi connectivity index (χ2v) is 5.37. The van der Waals surface area contributed by atoms with Gasteiger partial charge in [0.2, 0.25) is 5.91 Å². The number of carbonyl (C=O) groups is 2. The fourth-order valence-electron chi connectivity index (χ4n) is 1.89. The maximum absolute atomic E-state index is 12.2. The van der Waals surface area contributed by atoms with Crippen molar-refractivity contribution >= 4 is 11.8 Å². The first-order valence-corrected chi connectivity index (χ1v) is 7.20. The van der Waals surface area contributed by atoms with Gasteiger partial charge in [0.05, 0.1) is 11.8 Å². The molecule has 1 aromatic rings. The Labute approximate surface area is 125 Å². The van der Waals surface area contributed by atoms with Gasteiger partial charge in [0.25, 0.3) is 5.91 Å². The summed E-state index contributed by atoms with van der Waals surface area (Å²) >= 11 is 0. The number of nitrogens with zero attached hydrogens (tertiary/aromatic N) is 2. The topological polar surface area (TPSA) is 102 Å². The van der Waals surface area contributed by atoms with Crippen molar-refractivity contribution in [3.63, 3.8) is 0 Å². The van der Waals surface area contributed by atoms with Crippen LogP contribution in [-0.2, 0) is 11.3 Å². The molecule has 4 N–H and O–H groups in total. The Balaban J connectivity index is 2.67. The Bertz CT molecular complexity index is 496. The fourth-order valence-corrected chi connectivity index (χ4v) is 1.89. The summed E-state index contributed by atoms with van der Waals surface area (Å²) in [4.78, 5) is 24.0. The van der Waals surface area contributed by atoms with Crippen molar-refractivity contribution in [2.75, 3.05) is 6.54 Å². The molecule has 1 heterocycles. The van der Waals surface area contributed by atoms with Crippen molar-refractivity contribution < 1.29 is 9.59 Å². The van der Waals surface area contributed by atoms with E-state index < -0.39 is 6.04 Å². The molecule has 7 nitrogen and oxygen atoms in total. The number of carbonyl (C=O) groups excluding carboxylic acids is 2. The van der Waals surface area contributed by atoms with Gasteiger partial charge in [-0.15, -0.1) is 0 Å². The maximum Gasteiger partial charge on any atom is 0.255 e. The van der Waals surface area contributed by atoms with Gasteiger partial charge in [-0.1, -0.05) is 0 Å². The molecule has 0 saturated carbocycles. The number of nitrogens with one attached hydrogen (secondary N) is 2. The summed E-state index contributed by atoms with van der Waals surface area (Å²) < 4.78 is 1.75. The predicted octanol–water partition coefficient (Wildman–Crippen LogP) is 0.183. The molecule has 1 rings (SSSR count). The lowest BCUT2D eigenvalue weighted by Gasteiger charge is -2.15. The van der Waals surface area contributed by atoms with E-state index in [-0.39, 0.29) is 17.9 Å². The predicted molar refractivity (Wildman–Crippen MR) is 80.8 cm³/mol. The highest BCUT2D eigenvalue weighted by atomic mass is 16.2. The third kappa shape index (κ3) is 4.86. The summed E-state index contributed by atoms with van der Waals surface area (Å²) in [6.45, 7) is 8.49. The lowest BCUT2D eigenvalue weighted by molar-refractivity contribution is -0.123. The molecular weight excluding hydrogens is 270 g/mol. The zero-order valence-corrected chi connectivity index (χ0v) is 13.1. The molecule has 0 saturated heterocycles. The van der Waals surface area contributed by atoms with Crippen LogP contribution in [0.15, 0.2) is 6.20 Å². The fraction of sp³-hybridized carbons (Fsp3) is 0.643. The van der Waals surface area contributed by atoms with Crippen molar-refractivity contribution in [1.82, 2.24) is 20.4 Å². The van der Waals surface area contributed by atoms with Gasteiger partial charge in [0, 0.05) is 18.3 Å². The molecule has 0 radical (unpaired) electrons. The highest BCUT2D eigenvalue weighted by molar-refractivity contribution is 5.98. The van der Waals surface area contributed by atoms with Crippen molar-refractivity contribution in [2.45, 2.75) is 52.7 Å². The highest BCUT2D eigenvalue weighted by Crippen LogP contribution is 2.08. The summed E-state index contributed by atoms with van der Waals surface area (Å²) in [6, 6.07) is -0.552. The lowest BCUT2D eigenvalue weighted by atomic mass is 10.2. The number of aryl methyl sites for hydroxylation is 1. The minimum atomic E-state index is -0.591. The summed E-state index contributed by atoms with van der Waals surface area (Å²) in [6.07, 6.45) is 2.32. The number of aromatic nitrogens is 2. The van der Waals surface area contributed by atoms with Gasteiger partial charge in [0.1, 0.15) is 6.04 Å². The molecule has 2 amide bonds. The summed E-state index contributed by atoms with van der Waals surface area (Å²) in [7, 11) is 0. The van der Waals surface area contributed by atoms with Crippen LogP contribution in [0, 0.1) is 6.92 Å². The van der Waals surface area contributed by atoms with Crippen molar-refractivity contribution in [1.29, 1.82) is 0 Å². The van der Waals surface area contributed by atoms with Crippen LogP contribution < -0.4 is 16.4 Å². The zero-order valence-electron chi connectivity index (χ0n) is 13.1. The minimum Gasteiger partial charge on any atom is -0.352 e. The Morgan fingerprint density at radius 1 is 1.33 bits per heavy atom. The molecule has 7 heteroatoms. The third-order valence-electron chi connectivity index (χ3n) is 3.09. The van der Waals surface area contributed by atoms with Crippen LogP contribution in [0.3, 0.4) is 0 Å². The van der Waals surface area contributed by atoms with Gasteiger partial charge in [0.15, 0.2) is 0 Å². The van der Waals surface area contributed by atoms with E-state index in [4.69, 9.17) is 5.73 Å². The molecule has 0 spiro atoms. The van der Waals surface area contributed by atoms with E-state index in [2.05, 4.69) is 15.7 Å². The van der Waals surface area contributed by atoms with Gasteiger partial charge >= 0.3 is 0 Å². The molecule has 21 heavy (non-hydrogen) atoms. The standard InChI is InChI=1S/C14H25N5O2/c1-9(2)17-13(20)10(3)18-14(21)12-8-16-19(11(12)4)7-5-6-15/h8-10H,5-7,15H2,1-4H3,(H,17,20)(H,18,21). The van der Waals surface area contributed by atoms with Crippen molar-refractivity contribution in [2.24, 2.45) is 5.73 Å². The molecule has 0 aliphatic rings. The van der Waals surface area contributed by atoms with E-state index in [1.54, 1.807) is 11.6 Å². The van der Waals surface area contributed by atoms with E-state index in [0.29, 0.717) is 18.7 Å². The van der Waals surface area contributed by atoms with E-state index in [1.807, 2.05) is 20.8 Å². The maximum atomic E-state index is 12.2. The first kappa shape index (κ1) is 17.2. The number of hydrogen-bond donors (Lipinski definition) is 3. The SMILES string of the molecule is Cc1c(C(=O)NC(C)C(=O)NC(C)C)cnn1CCCN. The summed E-state index contributed by atoms with van der Waals surface area (Å²) in [5, 5.41) is 9.62. The molecule has 1 aromatic heterocycles. The van der Waals surface area contributed by atoms with Crippen molar-refractivity contribution in [3.05, 3.63) is 17.5 Å². The molecule has 0 fully saturated rings. The van der Waals surface area contributed by atoms with E-state index in [1.165, 1.54) is 6.20 Å². The molecule has 1 atom stereocenters. The first-order chi connectivity index (χ1) is 9.86. The Morgan fingerprint density at radius 2 is 2.00 bits per heavy atom. The molecule has 118 valence electrons. The van der Waals surface area contributed by atoms with E-state index >= 15 is 0 Å². The van der Waals surface area contributed by atoms with Gasteiger partial charge in [-0.25, -0.2) is 0 Å². The largest absolute Gasteiger partial charge is 0.352 e. The van der Waals surface area contributed by atoms with Crippen LogP contribution in [0.2, 0.25) is 0 Å². The van der Waals surface area contributed by atoms with Crippen LogP contribution in [0.5, 0.6) is 0 Å². The monoisotopic (exact) mass is 295 g/mol. The number of rotatable bonds is 7. The Morgan fingerprint density at radius 3 is 2.57 bits per heavy atom. The van der Waals surface area contributed by atoms with Crippen LogP contribution in [0.25, 0.3) is 0 Å². The summed E-state index contributed by atoms with van der Waals surface area (Å²) in [5.41, 5.74) is 6.73. The number of amides is 2. The van der Waals surface area contributed by atoms with Crippen LogP contribution >= 0.6 is 0 Å². The molecular formula is C14H25N5O2. The van der Waals surface area contributed by atoms with Gasteiger partial charge in [-0.05, 0) is 40.7 Å². The second-order valence-electron chi connectivity index (χ2n) is 5.37. The van der Waals surface area contributed by atoms with Crippen LogP contribution in [-0.4, -0.2) is 40.2 Å². The van der Waals surface area contributed by atoms with E-state index in [9.17, 15) is 9.59 Å². The highest BCUT2D eigenvalue weighted by Gasteiger charge is 2.20. The quantitative estimate of drug-likeness (QED) is 0.668. The molecule has 1 unspecified atom stereocenters. The Kier molecular flexibility index (Phi) is 6.36. The average molecular weight is 295 g/mol. The number of nitrogens with two attached hydrogens (primary N) is 1. The van der Waals surface area contributed by atoms with Crippen LogP contribution in [0.1, 0.15) is 43.2 Å². The first-order valence-electron chi connectivity index (χ1n) is 7.20. The van der Waals surface area contributed by atoms with Gasteiger partial charge < -0.3 is 16.4 Å². The molecule has 0 aliphatic carbocycles. The van der Waals surface area contributed by atoms with E-state index in [0.717, 1.165) is 12.1 Å². The second kappa shape index (κ2) is 7.78. The van der Waals surface area contributed by atoms with Crippen LogP contribution in [0.4, 0.5) is 0 Å². The molecule has 0 aromatic carbocycles. The van der Waals surface area contributed by atoms with Gasteiger partial charge in [-0.2, -0.15) is 5.10 Å². The molecule has 0 aliphatic heterocycles.